The second-order valence-corrected chi connectivity index (χ2v) is 9.44. The van der Waals surface area contributed by atoms with E-state index in [9.17, 15) is 13.2 Å². The van der Waals surface area contributed by atoms with Crippen molar-refractivity contribution < 1.29 is 13.2 Å². The van der Waals surface area contributed by atoms with E-state index in [4.69, 9.17) is 23.8 Å². The molecule has 0 bridgehead atoms. The zero-order valence-corrected chi connectivity index (χ0v) is 14.6. The van der Waals surface area contributed by atoms with Crippen LogP contribution in [0.15, 0.2) is 29.2 Å². The molecule has 0 unspecified atom stereocenters. The van der Waals surface area contributed by atoms with Gasteiger partial charge in [-0.1, -0.05) is 53.8 Å². The predicted molar refractivity (Wildman–Crippen MR) is 93.5 cm³/mol. The first kappa shape index (κ1) is 16.0. The van der Waals surface area contributed by atoms with E-state index in [2.05, 4.69) is 0 Å². The number of carbonyl (C=O) groups is 1. The summed E-state index contributed by atoms with van der Waals surface area (Å²) < 4.78 is 23.6. The van der Waals surface area contributed by atoms with Crippen molar-refractivity contribution in [3.8, 4) is 0 Å². The molecule has 1 atom stereocenters. The first-order valence-electron chi connectivity index (χ1n) is 6.59. The van der Waals surface area contributed by atoms with Crippen molar-refractivity contribution in [1.29, 1.82) is 0 Å². The van der Waals surface area contributed by atoms with Gasteiger partial charge in [0.1, 0.15) is 4.32 Å². The summed E-state index contributed by atoms with van der Waals surface area (Å²) in [6.07, 6.45) is 2.14. The normalized spacial score (nSPS) is 26.1. The number of benzene rings is 1. The van der Waals surface area contributed by atoms with Gasteiger partial charge in [0, 0.05) is 5.02 Å². The van der Waals surface area contributed by atoms with Gasteiger partial charge in [-0.15, -0.1) is 0 Å². The molecule has 1 aromatic rings. The number of carbonyl (C=O) groups excluding carboxylic acids is 1. The summed E-state index contributed by atoms with van der Waals surface area (Å²) in [6, 6.07) is 6.86. The van der Waals surface area contributed by atoms with E-state index >= 15 is 0 Å². The Kier molecular flexibility index (Phi) is 4.33. The number of hydrogen-bond donors (Lipinski definition) is 0. The SMILES string of the molecule is O=C1/C(=C\c2ccccc2Cl)SC(=S)N1[C@H]1CCS(=O)(=O)C1. The van der Waals surface area contributed by atoms with E-state index in [1.807, 2.05) is 18.2 Å². The van der Waals surface area contributed by atoms with Crippen LogP contribution in [0.4, 0.5) is 0 Å². The fraction of sp³-hybridized carbons (Fsp3) is 0.286. The molecule has 0 aromatic heterocycles. The lowest BCUT2D eigenvalue weighted by atomic mass is 10.2. The smallest absolute Gasteiger partial charge is 0.266 e. The molecule has 2 aliphatic heterocycles. The Balaban J connectivity index is 1.88. The lowest BCUT2D eigenvalue weighted by Crippen LogP contribution is -2.39. The van der Waals surface area contributed by atoms with Gasteiger partial charge >= 0.3 is 0 Å². The van der Waals surface area contributed by atoms with Crippen molar-refractivity contribution >= 4 is 61.7 Å². The first-order chi connectivity index (χ1) is 10.4. The van der Waals surface area contributed by atoms with Crippen LogP contribution in [0.25, 0.3) is 6.08 Å². The number of rotatable bonds is 2. The molecule has 0 saturated carbocycles. The second kappa shape index (κ2) is 5.96. The van der Waals surface area contributed by atoms with Gasteiger partial charge in [0.05, 0.1) is 22.5 Å². The molecule has 22 heavy (non-hydrogen) atoms. The minimum atomic E-state index is -3.07. The fourth-order valence-corrected chi connectivity index (χ4v) is 5.79. The number of hydrogen-bond acceptors (Lipinski definition) is 5. The highest BCUT2D eigenvalue weighted by Gasteiger charge is 2.42. The van der Waals surface area contributed by atoms with Crippen LogP contribution in [-0.4, -0.2) is 41.1 Å². The number of sulfone groups is 1. The van der Waals surface area contributed by atoms with Gasteiger partial charge in [-0.25, -0.2) is 8.42 Å². The minimum Gasteiger partial charge on any atom is -0.289 e. The number of thioether (sulfide) groups is 1. The molecule has 4 nitrogen and oxygen atoms in total. The van der Waals surface area contributed by atoms with Crippen molar-refractivity contribution in [2.75, 3.05) is 11.5 Å². The highest BCUT2D eigenvalue weighted by Crippen LogP contribution is 2.36. The summed E-state index contributed by atoms with van der Waals surface area (Å²) in [5.74, 6) is -0.145. The molecule has 3 rings (SSSR count). The molecule has 8 heteroatoms. The highest BCUT2D eigenvalue weighted by molar-refractivity contribution is 8.26. The standard InChI is InChI=1S/C14H12ClNO3S3/c15-11-4-2-1-3-9(11)7-12-13(17)16(14(20)21-12)10-5-6-22(18,19)8-10/h1-4,7,10H,5-6,8H2/b12-7+/t10-/m0/s1. The van der Waals surface area contributed by atoms with Gasteiger partial charge < -0.3 is 0 Å². The van der Waals surface area contributed by atoms with E-state index < -0.39 is 9.84 Å². The Bertz CT molecular complexity index is 788. The Morgan fingerprint density at radius 3 is 2.73 bits per heavy atom. The molecule has 0 N–H and O–H groups in total. The van der Waals surface area contributed by atoms with Crippen LogP contribution < -0.4 is 0 Å². The molecule has 116 valence electrons. The Labute approximate surface area is 143 Å². The lowest BCUT2D eigenvalue weighted by molar-refractivity contribution is -0.123. The summed E-state index contributed by atoms with van der Waals surface area (Å²) in [7, 11) is -3.07. The summed E-state index contributed by atoms with van der Waals surface area (Å²) >= 11 is 12.5. The quantitative estimate of drug-likeness (QED) is 0.589. The minimum absolute atomic E-state index is 0.0151. The van der Waals surface area contributed by atoms with Gasteiger partial charge in [0.25, 0.3) is 5.91 Å². The van der Waals surface area contributed by atoms with Crippen LogP contribution in [0.5, 0.6) is 0 Å². The van der Waals surface area contributed by atoms with Crippen LogP contribution in [0, 0.1) is 0 Å². The van der Waals surface area contributed by atoms with Crippen LogP contribution >= 0.6 is 35.6 Å². The topological polar surface area (TPSA) is 54.5 Å². The van der Waals surface area contributed by atoms with E-state index in [0.717, 1.165) is 5.56 Å². The summed E-state index contributed by atoms with van der Waals surface area (Å²) in [4.78, 5) is 14.5. The van der Waals surface area contributed by atoms with Crippen molar-refractivity contribution in [3.05, 3.63) is 39.8 Å². The zero-order chi connectivity index (χ0) is 15.9. The molecule has 1 aromatic carbocycles. The molecule has 2 fully saturated rings. The molecule has 0 radical (unpaired) electrons. The summed E-state index contributed by atoms with van der Waals surface area (Å²) in [5, 5.41) is 0.552. The van der Waals surface area contributed by atoms with E-state index in [-0.39, 0.29) is 23.5 Å². The number of nitrogens with zero attached hydrogens (tertiary/aromatic N) is 1. The lowest BCUT2D eigenvalue weighted by Gasteiger charge is -2.20. The van der Waals surface area contributed by atoms with Gasteiger partial charge in [-0.05, 0) is 24.1 Å². The van der Waals surface area contributed by atoms with Crippen LogP contribution in [0.3, 0.4) is 0 Å². The highest BCUT2D eigenvalue weighted by atomic mass is 35.5. The monoisotopic (exact) mass is 373 g/mol. The maximum Gasteiger partial charge on any atom is 0.266 e. The molecular formula is C14H12ClNO3S3. The molecule has 1 amide bonds. The summed E-state index contributed by atoms with van der Waals surface area (Å²) in [5.41, 5.74) is 0.740. The van der Waals surface area contributed by atoms with E-state index in [0.29, 0.717) is 20.7 Å². The largest absolute Gasteiger partial charge is 0.289 e. The molecule has 2 aliphatic rings. The zero-order valence-electron chi connectivity index (χ0n) is 11.4. The van der Waals surface area contributed by atoms with Crippen LogP contribution in [0.2, 0.25) is 5.02 Å². The van der Waals surface area contributed by atoms with E-state index in [1.54, 1.807) is 12.1 Å². The molecule has 0 spiro atoms. The second-order valence-electron chi connectivity index (χ2n) is 5.13. The maximum atomic E-state index is 12.5. The average Bonchev–Trinajstić information content (AvgIpc) is 2.92. The third-order valence-corrected chi connectivity index (χ3v) is 7.01. The van der Waals surface area contributed by atoms with Crippen LogP contribution in [-0.2, 0) is 14.6 Å². The fourth-order valence-electron chi connectivity index (χ4n) is 2.51. The summed E-state index contributed by atoms with van der Waals surface area (Å²) in [6.45, 7) is 0. The number of halogens is 1. The van der Waals surface area contributed by atoms with Crippen molar-refractivity contribution in [2.45, 2.75) is 12.5 Å². The molecule has 2 heterocycles. The third-order valence-electron chi connectivity index (χ3n) is 3.59. The molecule has 2 saturated heterocycles. The van der Waals surface area contributed by atoms with Crippen LogP contribution in [0.1, 0.15) is 12.0 Å². The number of amides is 1. The van der Waals surface area contributed by atoms with Crippen molar-refractivity contribution in [2.24, 2.45) is 0 Å². The van der Waals surface area contributed by atoms with Gasteiger partial charge in [-0.3, -0.25) is 9.69 Å². The third kappa shape index (κ3) is 3.08. The Morgan fingerprint density at radius 1 is 1.36 bits per heavy atom. The Hall–Kier alpha value is -0.890. The predicted octanol–water partition coefficient (Wildman–Crippen LogP) is 2.73. The van der Waals surface area contributed by atoms with Gasteiger partial charge in [-0.2, -0.15) is 0 Å². The van der Waals surface area contributed by atoms with E-state index in [1.165, 1.54) is 16.7 Å². The van der Waals surface area contributed by atoms with Gasteiger partial charge in [0.15, 0.2) is 9.84 Å². The van der Waals surface area contributed by atoms with Crippen molar-refractivity contribution in [1.82, 2.24) is 4.90 Å². The van der Waals surface area contributed by atoms with Gasteiger partial charge in [0.2, 0.25) is 0 Å². The average molecular weight is 374 g/mol. The van der Waals surface area contributed by atoms with Crippen molar-refractivity contribution in [3.63, 3.8) is 0 Å². The Morgan fingerprint density at radius 2 is 2.09 bits per heavy atom. The molecule has 0 aliphatic carbocycles. The maximum absolute atomic E-state index is 12.5. The first-order valence-corrected chi connectivity index (χ1v) is 10.0. The molecular weight excluding hydrogens is 362 g/mol. The number of thiocarbonyl (C=S) groups is 1.